The Morgan fingerprint density at radius 3 is 2.89 bits per heavy atom. The van der Waals surface area contributed by atoms with Gasteiger partial charge in [-0.15, -0.1) is 22.9 Å². The van der Waals surface area contributed by atoms with E-state index in [1.165, 1.54) is 29.7 Å². The molecule has 1 amide bonds. The van der Waals surface area contributed by atoms with Gasteiger partial charge in [0.2, 0.25) is 0 Å². The molecule has 1 heterocycles. The van der Waals surface area contributed by atoms with E-state index in [4.69, 9.17) is 11.6 Å². The van der Waals surface area contributed by atoms with Gasteiger partial charge in [0.25, 0.3) is 5.91 Å². The van der Waals surface area contributed by atoms with Gasteiger partial charge in [0.05, 0.1) is 4.88 Å². The lowest BCUT2D eigenvalue weighted by molar-refractivity contribution is 0.0769. The highest BCUT2D eigenvalue weighted by molar-refractivity contribution is 7.14. The minimum atomic E-state index is 0.186. The van der Waals surface area contributed by atoms with Crippen LogP contribution in [0.25, 0.3) is 0 Å². The highest BCUT2D eigenvalue weighted by atomic mass is 35.5. The van der Waals surface area contributed by atoms with E-state index in [1.54, 1.807) is 11.3 Å². The van der Waals surface area contributed by atoms with Gasteiger partial charge in [0, 0.05) is 23.8 Å². The molecule has 0 atom stereocenters. The summed E-state index contributed by atoms with van der Waals surface area (Å²) in [5.41, 5.74) is 1.42. The zero-order valence-corrected chi connectivity index (χ0v) is 13.2. The normalized spacial score (nSPS) is 14.8. The van der Waals surface area contributed by atoms with Crippen molar-refractivity contribution in [2.24, 2.45) is 0 Å². The highest BCUT2D eigenvalue weighted by Gasteiger charge is 2.19. The summed E-state index contributed by atoms with van der Waals surface area (Å²) in [6, 6.07) is 2.14. The monoisotopic (exact) mass is 299 g/mol. The first-order chi connectivity index (χ1) is 9.26. The summed E-state index contributed by atoms with van der Waals surface area (Å²) in [6.45, 7) is 3.56. The number of fused-ring (bicyclic) bond motifs is 1. The predicted octanol–water partition coefficient (Wildman–Crippen LogP) is 4.11. The second kappa shape index (κ2) is 7.30. The molecule has 0 N–H and O–H groups in total. The molecule has 1 aromatic rings. The van der Waals surface area contributed by atoms with Crippen molar-refractivity contribution in [1.29, 1.82) is 0 Å². The van der Waals surface area contributed by atoms with Crippen molar-refractivity contribution in [3.8, 4) is 0 Å². The van der Waals surface area contributed by atoms with Gasteiger partial charge in [-0.05, 0) is 50.7 Å². The third kappa shape index (κ3) is 3.73. The van der Waals surface area contributed by atoms with Gasteiger partial charge >= 0.3 is 0 Å². The average Bonchev–Trinajstić information content (AvgIpc) is 2.71. The van der Waals surface area contributed by atoms with Crippen molar-refractivity contribution >= 4 is 28.8 Å². The molecule has 0 bridgehead atoms. The van der Waals surface area contributed by atoms with Gasteiger partial charge in [-0.1, -0.05) is 6.42 Å². The number of aryl methyl sites for hydroxylation is 2. The lowest BCUT2D eigenvalue weighted by atomic mass is 10.1. The van der Waals surface area contributed by atoms with Crippen LogP contribution in [0.4, 0.5) is 0 Å². The zero-order chi connectivity index (χ0) is 13.7. The molecule has 4 heteroatoms. The van der Waals surface area contributed by atoms with Crippen LogP contribution in [0.5, 0.6) is 0 Å². The average molecular weight is 300 g/mol. The first kappa shape index (κ1) is 14.9. The smallest absolute Gasteiger partial charge is 0.263 e. The number of halogens is 1. The van der Waals surface area contributed by atoms with Crippen molar-refractivity contribution in [2.75, 3.05) is 19.0 Å². The third-order valence-electron chi connectivity index (χ3n) is 3.69. The quantitative estimate of drug-likeness (QED) is 0.592. The number of amides is 1. The van der Waals surface area contributed by atoms with Crippen molar-refractivity contribution in [3.05, 3.63) is 21.4 Å². The minimum Gasteiger partial charge on any atom is -0.338 e. The molecule has 106 valence electrons. The van der Waals surface area contributed by atoms with Gasteiger partial charge in [-0.2, -0.15) is 0 Å². The Hall–Kier alpha value is -0.540. The standard InChI is InChI=1S/C15H22ClNOS/c1-2-17(10-6-9-16)15(18)14-11-12-7-4-3-5-8-13(12)19-14/h11H,2-10H2,1H3. The summed E-state index contributed by atoms with van der Waals surface area (Å²) in [7, 11) is 0. The summed E-state index contributed by atoms with van der Waals surface area (Å²) >= 11 is 7.43. The number of carbonyl (C=O) groups excluding carboxylic acids is 1. The Bertz CT molecular complexity index is 406. The number of nitrogens with zero attached hydrogens (tertiary/aromatic N) is 1. The largest absolute Gasteiger partial charge is 0.338 e. The topological polar surface area (TPSA) is 20.3 Å². The van der Waals surface area contributed by atoms with E-state index in [-0.39, 0.29) is 5.91 Å². The summed E-state index contributed by atoms with van der Waals surface area (Å²) in [5, 5.41) is 0. The lowest BCUT2D eigenvalue weighted by Crippen LogP contribution is -2.31. The Morgan fingerprint density at radius 2 is 2.16 bits per heavy atom. The molecule has 0 unspecified atom stereocenters. The molecule has 2 rings (SSSR count). The molecule has 0 saturated carbocycles. The molecule has 0 saturated heterocycles. The Kier molecular flexibility index (Phi) is 5.71. The Balaban J connectivity index is 2.10. The fourth-order valence-corrected chi connectivity index (χ4v) is 3.92. The lowest BCUT2D eigenvalue weighted by Gasteiger charge is -2.19. The van der Waals surface area contributed by atoms with Crippen molar-refractivity contribution in [1.82, 2.24) is 4.90 Å². The number of thiophene rings is 1. The maximum Gasteiger partial charge on any atom is 0.263 e. The fourth-order valence-electron chi connectivity index (χ4n) is 2.58. The van der Waals surface area contributed by atoms with Crippen molar-refractivity contribution < 1.29 is 4.79 Å². The van der Waals surface area contributed by atoms with Crippen LogP contribution >= 0.6 is 22.9 Å². The van der Waals surface area contributed by atoms with Crippen molar-refractivity contribution in [2.45, 2.75) is 45.4 Å². The summed E-state index contributed by atoms with van der Waals surface area (Å²) in [6.07, 6.45) is 7.02. The van der Waals surface area contributed by atoms with E-state index >= 15 is 0 Å². The summed E-state index contributed by atoms with van der Waals surface area (Å²) in [5.74, 6) is 0.802. The molecule has 0 aliphatic heterocycles. The number of hydrogen-bond donors (Lipinski definition) is 0. The number of rotatable bonds is 5. The molecule has 0 fully saturated rings. The molecule has 0 spiro atoms. The van der Waals surface area contributed by atoms with Crippen LogP contribution in [0, 0.1) is 0 Å². The van der Waals surface area contributed by atoms with E-state index in [1.807, 2.05) is 11.8 Å². The Labute approximate surface area is 124 Å². The number of alkyl halides is 1. The fraction of sp³-hybridized carbons (Fsp3) is 0.667. The number of carbonyl (C=O) groups is 1. The van der Waals surface area contributed by atoms with Gasteiger partial charge < -0.3 is 4.90 Å². The van der Waals surface area contributed by atoms with Crippen LogP contribution in [-0.4, -0.2) is 29.8 Å². The highest BCUT2D eigenvalue weighted by Crippen LogP contribution is 2.29. The van der Waals surface area contributed by atoms with E-state index in [2.05, 4.69) is 6.07 Å². The zero-order valence-electron chi connectivity index (χ0n) is 11.6. The molecule has 1 aromatic heterocycles. The van der Waals surface area contributed by atoms with Crippen LogP contribution in [-0.2, 0) is 12.8 Å². The minimum absolute atomic E-state index is 0.186. The molecule has 1 aliphatic carbocycles. The maximum absolute atomic E-state index is 12.5. The van der Waals surface area contributed by atoms with Gasteiger partial charge in [0.15, 0.2) is 0 Å². The first-order valence-electron chi connectivity index (χ1n) is 7.23. The van der Waals surface area contributed by atoms with Gasteiger partial charge in [-0.25, -0.2) is 0 Å². The van der Waals surface area contributed by atoms with E-state index < -0.39 is 0 Å². The molecule has 1 aliphatic rings. The second-order valence-electron chi connectivity index (χ2n) is 5.05. The Morgan fingerprint density at radius 1 is 1.37 bits per heavy atom. The van der Waals surface area contributed by atoms with Crippen LogP contribution in [0.2, 0.25) is 0 Å². The third-order valence-corrected chi connectivity index (χ3v) is 5.18. The SMILES string of the molecule is CCN(CCCCl)C(=O)c1cc2c(s1)CCCCC2. The van der Waals surface area contributed by atoms with E-state index in [9.17, 15) is 4.79 Å². The van der Waals surface area contributed by atoms with Crippen molar-refractivity contribution in [3.63, 3.8) is 0 Å². The molecule has 2 nitrogen and oxygen atoms in total. The van der Waals surface area contributed by atoms with Crippen LogP contribution in [0.3, 0.4) is 0 Å². The second-order valence-corrected chi connectivity index (χ2v) is 6.56. The van der Waals surface area contributed by atoms with Crippen LogP contribution in [0.15, 0.2) is 6.07 Å². The summed E-state index contributed by atoms with van der Waals surface area (Å²) in [4.78, 5) is 16.7. The number of hydrogen-bond acceptors (Lipinski definition) is 2. The molecule has 19 heavy (non-hydrogen) atoms. The van der Waals surface area contributed by atoms with Gasteiger partial charge in [0.1, 0.15) is 0 Å². The van der Waals surface area contributed by atoms with Crippen LogP contribution < -0.4 is 0 Å². The predicted molar refractivity (Wildman–Crippen MR) is 82.5 cm³/mol. The maximum atomic E-state index is 12.5. The van der Waals surface area contributed by atoms with E-state index in [0.717, 1.165) is 37.2 Å². The summed E-state index contributed by atoms with van der Waals surface area (Å²) < 4.78 is 0. The van der Waals surface area contributed by atoms with Crippen LogP contribution in [0.1, 0.15) is 52.7 Å². The molecule has 0 radical (unpaired) electrons. The first-order valence-corrected chi connectivity index (χ1v) is 8.58. The van der Waals surface area contributed by atoms with Gasteiger partial charge in [-0.3, -0.25) is 4.79 Å². The van der Waals surface area contributed by atoms with E-state index in [0.29, 0.717) is 5.88 Å². The molecule has 0 aromatic carbocycles. The molecular formula is C15H22ClNOS. The molecular weight excluding hydrogens is 278 g/mol.